The van der Waals surface area contributed by atoms with Crippen LogP contribution in [0.25, 0.3) is 0 Å². The van der Waals surface area contributed by atoms with Crippen LogP contribution in [0.3, 0.4) is 0 Å². The smallest absolute Gasteiger partial charge is 0.384 e. The molecule has 1 N–H and O–H groups in total. The highest BCUT2D eigenvalue weighted by atomic mass is 35.5. The van der Waals surface area contributed by atoms with Gasteiger partial charge >= 0.3 is 5.51 Å². The molecule has 0 spiro atoms. The molecule has 1 aromatic rings. The summed E-state index contributed by atoms with van der Waals surface area (Å²) in [7, 11) is 0. The van der Waals surface area contributed by atoms with Crippen LogP contribution in [-0.2, 0) is 0 Å². The first-order valence-corrected chi connectivity index (χ1v) is 5.54. The molecule has 0 saturated heterocycles. The molecule has 6 heteroatoms. The SMILES string of the molecule is FC(F)(F)SCCNc1cccc(Cl)c1. The van der Waals surface area contributed by atoms with Crippen molar-refractivity contribution in [3.63, 3.8) is 0 Å². The summed E-state index contributed by atoms with van der Waals surface area (Å²) in [5.41, 5.74) is -3.43. The Morgan fingerprint density at radius 2 is 2.07 bits per heavy atom. The molecule has 0 fully saturated rings. The molecular formula is C9H9ClF3NS. The number of hydrogen-bond donors (Lipinski definition) is 1. The van der Waals surface area contributed by atoms with Crippen LogP contribution in [0.5, 0.6) is 0 Å². The van der Waals surface area contributed by atoms with E-state index in [0.29, 0.717) is 5.02 Å². The topological polar surface area (TPSA) is 12.0 Å². The van der Waals surface area contributed by atoms with Crippen molar-refractivity contribution in [1.82, 2.24) is 0 Å². The monoisotopic (exact) mass is 255 g/mol. The second kappa shape index (κ2) is 5.51. The van der Waals surface area contributed by atoms with E-state index in [-0.39, 0.29) is 24.1 Å². The lowest BCUT2D eigenvalue weighted by atomic mass is 10.3. The van der Waals surface area contributed by atoms with E-state index in [1.807, 2.05) is 0 Å². The van der Waals surface area contributed by atoms with Gasteiger partial charge in [-0.3, -0.25) is 0 Å². The van der Waals surface area contributed by atoms with Gasteiger partial charge in [-0.1, -0.05) is 17.7 Å². The van der Waals surface area contributed by atoms with E-state index in [0.717, 1.165) is 5.69 Å². The first-order chi connectivity index (χ1) is 6.97. The van der Waals surface area contributed by atoms with Crippen LogP contribution in [0.2, 0.25) is 5.02 Å². The van der Waals surface area contributed by atoms with Crippen LogP contribution in [-0.4, -0.2) is 17.8 Å². The first kappa shape index (κ1) is 12.5. The predicted octanol–water partition coefficient (Wildman–Crippen LogP) is 4.00. The molecule has 0 heterocycles. The van der Waals surface area contributed by atoms with Gasteiger partial charge in [-0.15, -0.1) is 0 Å². The van der Waals surface area contributed by atoms with E-state index < -0.39 is 5.51 Å². The molecule has 1 nitrogen and oxygen atoms in total. The molecule has 1 aromatic carbocycles. The van der Waals surface area contributed by atoms with Crippen molar-refractivity contribution in [2.75, 3.05) is 17.6 Å². The molecule has 0 aromatic heterocycles. The Morgan fingerprint density at radius 3 is 2.67 bits per heavy atom. The summed E-state index contributed by atoms with van der Waals surface area (Å²) in [6.07, 6.45) is 0. The number of thioether (sulfide) groups is 1. The maximum Gasteiger partial charge on any atom is 0.441 e. The van der Waals surface area contributed by atoms with E-state index in [9.17, 15) is 13.2 Å². The number of anilines is 1. The van der Waals surface area contributed by atoms with Crippen molar-refractivity contribution in [3.05, 3.63) is 29.3 Å². The fourth-order valence-corrected chi connectivity index (χ4v) is 1.59. The molecule has 0 radical (unpaired) electrons. The third-order valence-electron chi connectivity index (χ3n) is 1.52. The normalized spacial score (nSPS) is 11.5. The highest BCUT2D eigenvalue weighted by molar-refractivity contribution is 8.00. The highest BCUT2D eigenvalue weighted by Gasteiger charge is 2.27. The van der Waals surface area contributed by atoms with Crippen molar-refractivity contribution in [2.45, 2.75) is 5.51 Å². The van der Waals surface area contributed by atoms with Gasteiger partial charge in [0.1, 0.15) is 0 Å². The molecule has 0 aliphatic rings. The molecule has 0 aliphatic carbocycles. The molecule has 84 valence electrons. The first-order valence-electron chi connectivity index (χ1n) is 4.17. The van der Waals surface area contributed by atoms with Crippen LogP contribution in [0.15, 0.2) is 24.3 Å². The minimum Gasteiger partial charge on any atom is -0.384 e. The minimum absolute atomic E-state index is 0.0178. The number of hydrogen-bond acceptors (Lipinski definition) is 2. The fourth-order valence-electron chi connectivity index (χ4n) is 0.961. The second-order valence-electron chi connectivity index (χ2n) is 2.73. The predicted molar refractivity (Wildman–Crippen MR) is 58.5 cm³/mol. The fraction of sp³-hybridized carbons (Fsp3) is 0.333. The van der Waals surface area contributed by atoms with Crippen molar-refractivity contribution in [3.8, 4) is 0 Å². The Labute approximate surface area is 95.0 Å². The van der Waals surface area contributed by atoms with Crippen molar-refractivity contribution < 1.29 is 13.2 Å². The molecule has 15 heavy (non-hydrogen) atoms. The third kappa shape index (κ3) is 5.79. The molecular weight excluding hydrogens is 247 g/mol. The Bertz CT molecular complexity index is 316. The lowest BCUT2D eigenvalue weighted by Crippen LogP contribution is -2.09. The molecule has 0 amide bonds. The van der Waals surface area contributed by atoms with Gasteiger partial charge in [0.15, 0.2) is 0 Å². The van der Waals surface area contributed by atoms with Gasteiger partial charge in [-0.05, 0) is 30.0 Å². The molecule has 0 saturated carbocycles. The number of benzene rings is 1. The molecule has 0 bridgehead atoms. The summed E-state index contributed by atoms with van der Waals surface area (Å²) in [6, 6.07) is 6.86. The zero-order chi connectivity index (χ0) is 11.3. The van der Waals surface area contributed by atoms with Crippen LogP contribution >= 0.6 is 23.4 Å². The maximum absolute atomic E-state index is 11.8. The quantitative estimate of drug-likeness (QED) is 0.816. The van der Waals surface area contributed by atoms with Gasteiger partial charge in [-0.2, -0.15) is 13.2 Å². The summed E-state index contributed by atoms with van der Waals surface area (Å²) in [5.74, 6) is -0.0178. The number of alkyl halides is 3. The van der Waals surface area contributed by atoms with Crippen LogP contribution in [0.1, 0.15) is 0 Å². The third-order valence-corrected chi connectivity index (χ3v) is 2.49. The molecule has 0 unspecified atom stereocenters. The van der Waals surface area contributed by atoms with Crippen molar-refractivity contribution in [1.29, 1.82) is 0 Å². The van der Waals surface area contributed by atoms with Crippen LogP contribution < -0.4 is 5.32 Å². The minimum atomic E-state index is -4.16. The Balaban J connectivity index is 2.26. The lowest BCUT2D eigenvalue weighted by molar-refractivity contribution is -0.0327. The van der Waals surface area contributed by atoms with E-state index in [1.54, 1.807) is 24.3 Å². The average Bonchev–Trinajstić information content (AvgIpc) is 2.11. The second-order valence-corrected chi connectivity index (χ2v) is 4.33. The summed E-state index contributed by atoms with van der Waals surface area (Å²) in [6.45, 7) is 0.254. The Hall–Kier alpha value is -0.550. The van der Waals surface area contributed by atoms with E-state index in [2.05, 4.69) is 5.32 Å². The van der Waals surface area contributed by atoms with Crippen LogP contribution in [0.4, 0.5) is 18.9 Å². The van der Waals surface area contributed by atoms with Gasteiger partial charge in [0.25, 0.3) is 0 Å². The molecule has 0 aliphatic heterocycles. The van der Waals surface area contributed by atoms with E-state index >= 15 is 0 Å². The number of rotatable bonds is 4. The zero-order valence-corrected chi connectivity index (χ0v) is 9.22. The summed E-state index contributed by atoms with van der Waals surface area (Å²) in [4.78, 5) is 0. The number of halogens is 4. The van der Waals surface area contributed by atoms with Gasteiger partial charge in [0, 0.05) is 23.0 Å². The lowest BCUT2D eigenvalue weighted by Gasteiger charge is -2.07. The highest BCUT2D eigenvalue weighted by Crippen LogP contribution is 2.29. The summed E-state index contributed by atoms with van der Waals surface area (Å²) < 4.78 is 35.3. The summed E-state index contributed by atoms with van der Waals surface area (Å²) >= 11 is 5.67. The average molecular weight is 256 g/mol. The van der Waals surface area contributed by atoms with E-state index in [1.165, 1.54) is 0 Å². The Kier molecular flexibility index (Phi) is 4.60. The van der Waals surface area contributed by atoms with Gasteiger partial charge in [0.05, 0.1) is 0 Å². The molecule has 0 atom stereocenters. The largest absolute Gasteiger partial charge is 0.441 e. The number of nitrogens with one attached hydrogen (secondary N) is 1. The molecule has 1 rings (SSSR count). The zero-order valence-electron chi connectivity index (χ0n) is 7.64. The van der Waals surface area contributed by atoms with Gasteiger partial charge in [-0.25, -0.2) is 0 Å². The summed E-state index contributed by atoms with van der Waals surface area (Å²) in [5, 5.41) is 3.41. The standard InChI is InChI=1S/C9H9ClF3NS/c10-7-2-1-3-8(6-7)14-4-5-15-9(11,12)13/h1-3,6,14H,4-5H2. The van der Waals surface area contributed by atoms with Gasteiger partial charge in [0.2, 0.25) is 0 Å². The van der Waals surface area contributed by atoms with Gasteiger partial charge < -0.3 is 5.32 Å². The Morgan fingerprint density at radius 1 is 1.33 bits per heavy atom. The van der Waals surface area contributed by atoms with Crippen LogP contribution in [0, 0.1) is 0 Å². The van der Waals surface area contributed by atoms with Crippen molar-refractivity contribution >= 4 is 29.1 Å². The maximum atomic E-state index is 11.8. The van der Waals surface area contributed by atoms with E-state index in [4.69, 9.17) is 11.6 Å². The van der Waals surface area contributed by atoms with Crippen molar-refractivity contribution in [2.24, 2.45) is 0 Å².